The van der Waals surface area contributed by atoms with E-state index in [1.165, 1.54) is 33.4 Å². The molecule has 2 aromatic carbocycles. The first-order valence-electron chi connectivity index (χ1n) is 7.83. The van der Waals surface area contributed by atoms with Gasteiger partial charge in [0, 0.05) is 0 Å². The summed E-state index contributed by atoms with van der Waals surface area (Å²) < 4.78 is 0. The van der Waals surface area contributed by atoms with Crippen LogP contribution in [0.25, 0.3) is 18.2 Å². The summed E-state index contributed by atoms with van der Waals surface area (Å²) >= 11 is 0. The van der Waals surface area contributed by atoms with Crippen LogP contribution in [0.3, 0.4) is 0 Å². The van der Waals surface area contributed by atoms with Gasteiger partial charge in [-0.05, 0) is 53.1 Å². The summed E-state index contributed by atoms with van der Waals surface area (Å²) in [6.07, 6.45) is 6.31. The Bertz CT molecular complexity index is 709. The van der Waals surface area contributed by atoms with E-state index in [-0.39, 0.29) is 5.41 Å². The van der Waals surface area contributed by atoms with Crippen LogP contribution in [0.5, 0.6) is 0 Å². The molecule has 2 rings (SSSR count). The highest BCUT2D eigenvalue weighted by Gasteiger charge is 2.14. The Morgan fingerprint density at radius 3 is 2.14 bits per heavy atom. The smallest absolute Gasteiger partial charge is 0.0131 e. The molecule has 0 fully saturated rings. The Morgan fingerprint density at radius 2 is 1.55 bits per heavy atom. The lowest BCUT2D eigenvalue weighted by molar-refractivity contribution is 0.590. The van der Waals surface area contributed by atoms with E-state index in [4.69, 9.17) is 0 Å². The predicted molar refractivity (Wildman–Crippen MR) is 100 cm³/mol. The summed E-state index contributed by atoms with van der Waals surface area (Å²) in [5.74, 6) is 0. The van der Waals surface area contributed by atoms with Crippen molar-refractivity contribution in [1.82, 2.24) is 0 Å². The zero-order valence-electron chi connectivity index (χ0n) is 14.4. The average molecular weight is 290 g/mol. The number of benzene rings is 2. The van der Waals surface area contributed by atoms with Crippen LogP contribution in [0.4, 0.5) is 0 Å². The lowest BCUT2D eigenvalue weighted by atomic mass is 9.85. The summed E-state index contributed by atoms with van der Waals surface area (Å²) in [6, 6.07) is 13.2. The van der Waals surface area contributed by atoms with Crippen molar-refractivity contribution >= 4 is 18.2 Å². The summed E-state index contributed by atoms with van der Waals surface area (Å²) in [4.78, 5) is 0. The second kappa shape index (κ2) is 6.36. The molecular weight excluding hydrogens is 264 g/mol. The number of aryl methyl sites for hydroxylation is 2. The minimum atomic E-state index is 0.140. The molecule has 0 N–H and O–H groups in total. The molecular formula is C22H26. The zero-order valence-corrected chi connectivity index (χ0v) is 14.4. The van der Waals surface area contributed by atoms with E-state index < -0.39 is 0 Å². The minimum absolute atomic E-state index is 0.140. The lowest BCUT2D eigenvalue weighted by Gasteiger charge is -2.20. The Kier molecular flexibility index (Phi) is 4.71. The fourth-order valence-electron chi connectivity index (χ4n) is 2.52. The number of hydrogen-bond donors (Lipinski definition) is 0. The van der Waals surface area contributed by atoms with Gasteiger partial charge < -0.3 is 0 Å². The standard InChI is InChI=1S/C22H26/c1-7-18-13-19(15-21(14-18)22(4,5)6)9-11-20-10-8-16(2)12-17(20)3/h7-15H,1H2,2-6H3/b11-9+. The van der Waals surface area contributed by atoms with E-state index >= 15 is 0 Å². The van der Waals surface area contributed by atoms with Crippen LogP contribution in [0, 0.1) is 13.8 Å². The van der Waals surface area contributed by atoms with E-state index in [1.807, 2.05) is 6.08 Å². The van der Waals surface area contributed by atoms with Gasteiger partial charge in [0.1, 0.15) is 0 Å². The average Bonchev–Trinajstić information content (AvgIpc) is 2.45. The quantitative estimate of drug-likeness (QED) is 0.573. The van der Waals surface area contributed by atoms with Crippen molar-refractivity contribution < 1.29 is 0 Å². The first-order valence-corrected chi connectivity index (χ1v) is 7.83. The van der Waals surface area contributed by atoms with Crippen LogP contribution in [0.1, 0.15) is 54.2 Å². The lowest BCUT2D eigenvalue weighted by Crippen LogP contribution is -2.11. The van der Waals surface area contributed by atoms with Crippen molar-refractivity contribution in [1.29, 1.82) is 0 Å². The van der Waals surface area contributed by atoms with Gasteiger partial charge >= 0.3 is 0 Å². The second-order valence-electron chi connectivity index (χ2n) is 7.04. The molecule has 0 bridgehead atoms. The first-order chi connectivity index (χ1) is 10.3. The highest BCUT2D eigenvalue weighted by atomic mass is 14.2. The number of hydrogen-bond acceptors (Lipinski definition) is 0. The third-order valence-electron chi connectivity index (χ3n) is 3.96. The van der Waals surface area contributed by atoms with Gasteiger partial charge in [0.25, 0.3) is 0 Å². The van der Waals surface area contributed by atoms with E-state index in [9.17, 15) is 0 Å². The van der Waals surface area contributed by atoms with E-state index in [1.54, 1.807) is 0 Å². The Balaban J connectivity index is 2.40. The van der Waals surface area contributed by atoms with Crippen molar-refractivity contribution in [3.05, 3.63) is 76.4 Å². The van der Waals surface area contributed by atoms with Crippen molar-refractivity contribution in [3.8, 4) is 0 Å². The fraction of sp³-hybridized carbons (Fsp3) is 0.273. The predicted octanol–water partition coefficient (Wildman–Crippen LogP) is 6.41. The molecule has 0 spiro atoms. The molecule has 0 aromatic heterocycles. The van der Waals surface area contributed by atoms with Crippen LogP contribution in [-0.2, 0) is 5.41 Å². The van der Waals surface area contributed by atoms with Gasteiger partial charge in [0.05, 0.1) is 0 Å². The normalized spacial score (nSPS) is 11.9. The molecule has 0 saturated heterocycles. The van der Waals surface area contributed by atoms with E-state index in [0.29, 0.717) is 0 Å². The Labute approximate surface area is 135 Å². The molecule has 114 valence electrons. The molecule has 0 saturated carbocycles. The van der Waals surface area contributed by atoms with Crippen molar-refractivity contribution in [3.63, 3.8) is 0 Å². The zero-order chi connectivity index (χ0) is 16.3. The molecule has 22 heavy (non-hydrogen) atoms. The van der Waals surface area contributed by atoms with Gasteiger partial charge in [-0.2, -0.15) is 0 Å². The van der Waals surface area contributed by atoms with Gasteiger partial charge in [-0.3, -0.25) is 0 Å². The van der Waals surface area contributed by atoms with Crippen LogP contribution in [0.2, 0.25) is 0 Å². The van der Waals surface area contributed by atoms with Gasteiger partial charge in [0.2, 0.25) is 0 Å². The summed E-state index contributed by atoms with van der Waals surface area (Å²) in [6.45, 7) is 14.9. The highest BCUT2D eigenvalue weighted by molar-refractivity contribution is 5.73. The molecule has 0 heterocycles. The van der Waals surface area contributed by atoms with Crippen LogP contribution in [0.15, 0.2) is 43.0 Å². The molecule has 0 aliphatic carbocycles. The summed E-state index contributed by atoms with van der Waals surface area (Å²) in [5, 5.41) is 0. The Hall–Kier alpha value is -2.08. The molecule has 0 aliphatic rings. The maximum Gasteiger partial charge on any atom is -0.0131 e. The molecule has 0 aliphatic heterocycles. The molecule has 0 radical (unpaired) electrons. The summed E-state index contributed by atoms with van der Waals surface area (Å²) in [7, 11) is 0. The third kappa shape index (κ3) is 3.98. The second-order valence-corrected chi connectivity index (χ2v) is 7.04. The number of rotatable bonds is 3. The van der Waals surface area contributed by atoms with Gasteiger partial charge in [-0.1, -0.05) is 81.5 Å². The fourth-order valence-corrected chi connectivity index (χ4v) is 2.52. The maximum absolute atomic E-state index is 3.91. The van der Waals surface area contributed by atoms with E-state index in [2.05, 4.69) is 89.7 Å². The minimum Gasteiger partial charge on any atom is -0.0985 e. The first kappa shape index (κ1) is 16.3. The van der Waals surface area contributed by atoms with Gasteiger partial charge in [-0.15, -0.1) is 0 Å². The maximum atomic E-state index is 3.91. The largest absolute Gasteiger partial charge is 0.0985 e. The summed E-state index contributed by atoms with van der Waals surface area (Å²) in [5.41, 5.74) is 7.76. The van der Waals surface area contributed by atoms with Gasteiger partial charge in [-0.25, -0.2) is 0 Å². The SMILES string of the molecule is C=Cc1cc(/C=C/c2ccc(C)cc2C)cc(C(C)(C)C)c1. The topological polar surface area (TPSA) is 0 Å². The van der Waals surface area contributed by atoms with Crippen LogP contribution >= 0.6 is 0 Å². The van der Waals surface area contributed by atoms with Crippen molar-refractivity contribution in [2.24, 2.45) is 0 Å². The molecule has 0 unspecified atom stereocenters. The molecule has 0 nitrogen and oxygen atoms in total. The van der Waals surface area contributed by atoms with Crippen molar-refractivity contribution in [2.45, 2.75) is 40.0 Å². The molecule has 0 atom stereocenters. The Morgan fingerprint density at radius 1 is 0.864 bits per heavy atom. The molecule has 0 amide bonds. The van der Waals surface area contributed by atoms with Crippen LogP contribution in [-0.4, -0.2) is 0 Å². The molecule has 2 aromatic rings. The monoisotopic (exact) mass is 290 g/mol. The van der Waals surface area contributed by atoms with E-state index in [0.717, 1.165) is 0 Å². The molecule has 0 heteroatoms. The van der Waals surface area contributed by atoms with Gasteiger partial charge in [0.15, 0.2) is 0 Å². The van der Waals surface area contributed by atoms with Crippen LogP contribution < -0.4 is 0 Å². The third-order valence-corrected chi connectivity index (χ3v) is 3.96. The highest BCUT2D eigenvalue weighted by Crippen LogP contribution is 2.26. The van der Waals surface area contributed by atoms with Crippen molar-refractivity contribution in [2.75, 3.05) is 0 Å².